The Morgan fingerprint density at radius 1 is 1.15 bits per heavy atom. The van der Waals surface area contributed by atoms with E-state index >= 15 is 0 Å². The van der Waals surface area contributed by atoms with Crippen LogP contribution in [0.1, 0.15) is 11.6 Å². The number of rotatable bonds is 2. The summed E-state index contributed by atoms with van der Waals surface area (Å²) >= 11 is 0. The van der Waals surface area contributed by atoms with Crippen LogP contribution in [0.4, 0.5) is 8.78 Å². The predicted octanol–water partition coefficient (Wildman–Crippen LogP) is 1.36. The largest absolute Gasteiger partial charge is 0.504 e. The van der Waals surface area contributed by atoms with E-state index in [1.54, 1.807) is 0 Å². The first-order chi connectivity index (χ1) is 6.02. The Labute approximate surface area is 73.4 Å². The summed E-state index contributed by atoms with van der Waals surface area (Å²) in [4.78, 5) is 0. The molecule has 1 aromatic rings. The molecule has 4 N–H and O–H groups in total. The van der Waals surface area contributed by atoms with Crippen LogP contribution in [0.15, 0.2) is 18.2 Å². The van der Waals surface area contributed by atoms with Crippen molar-refractivity contribution in [3.8, 4) is 11.5 Å². The first-order valence-corrected chi connectivity index (χ1v) is 3.58. The molecular weight excluding hydrogens is 180 g/mol. The second-order valence-corrected chi connectivity index (χ2v) is 2.61. The number of halogens is 2. The van der Waals surface area contributed by atoms with Gasteiger partial charge in [-0.15, -0.1) is 0 Å². The van der Waals surface area contributed by atoms with Crippen LogP contribution in [0.5, 0.6) is 11.5 Å². The zero-order valence-corrected chi connectivity index (χ0v) is 6.61. The van der Waals surface area contributed by atoms with Crippen molar-refractivity contribution in [2.75, 3.05) is 0 Å². The molecule has 0 aliphatic carbocycles. The summed E-state index contributed by atoms with van der Waals surface area (Å²) in [6.07, 6.45) is -2.69. The third-order valence-corrected chi connectivity index (χ3v) is 1.66. The van der Waals surface area contributed by atoms with Gasteiger partial charge in [-0.3, -0.25) is 0 Å². The first-order valence-electron chi connectivity index (χ1n) is 3.58. The van der Waals surface area contributed by atoms with Gasteiger partial charge in [0.15, 0.2) is 11.5 Å². The molecular formula is C8H9F2NO2. The monoisotopic (exact) mass is 189 g/mol. The van der Waals surface area contributed by atoms with E-state index in [1.807, 2.05) is 0 Å². The van der Waals surface area contributed by atoms with Gasteiger partial charge in [0, 0.05) is 0 Å². The zero-order valence-electron chi connectivity index (χ0n) is 6.61. The Morgan fingerprint density at radius 2 is 1.77 bits per heavy atom. The van der Waals surface area contributed by atoms with Gasteiger partial charge in [-0.2, -0.15) is 0 Å². The van der Waals surface area contributed by atoms with Crippen molar-refractivity contribution in [1.29, 1.82) is 0 Å². The topological polar surface area (TPSA) is 66.5 Å². The Bertz CT molecular complexity index is 304. The second kappa shape index (κ2) is 3.57. The Morgan fingerprint density at radius 3 is 2.23 bits per heavy atom. The molecule has 0 amide bonds. The van der Waals surface area contributed by atoms with E-state index in [-0.39, 0.29) is 11.3 Å². The van der Waals surface area contributed by atoms with E-state index in [9.17, 15) is 8.78 Å². The average Bonchev–Trinajstić information content (AvgIpc) is 2.08. The fraction of sp³-hybridized carbons (Fsp3) is 0.250. The van der Waals surface area contributed by atoms with Gasteiger partial charge in [0.1, 0.15) is 0 Å². The summed E-state index contributed by atoms with van der Waals surface area (Å²) in [5.74, 6) is -0.807. The van der Waals surface area contributed by atoms with E-state index in [0.717, 1.165) is 12.1 Å². The van der Waals surface area contributed by atoms with Crippen LogP contribution < -0.4 is 5.73 Å². The standard InChI is InChI=1S/C8H9F2NO2/c9-8(10)7(11)4-1-2-5(12)6(13)3-4/h1-3,7-8,12-13H,11H2. The summed E-state index contributed by atoms with van der Waals surface area (Å²) in [5, 5.41) is 17.9. The molecule has 0 spiro atoms. The number of hydrogen-bond acceptors (Lipinski definition) is 3. The van der Waals surface area contributed by atoms with Gasteiger partial charge in [-0.25, -0.2) is 8.78 Å². The van der Waals surface area contributed by atoms with Crippen molar-refractivity contribution >= 4 is 0 Å². The average molecular weight is 189 g/mol. The van der Waals surface area contributed by atoms with Gasteiger partial charge in [-0.05, 0) is 17.7 Å². The molecule has 1 unspecified atom stereocenters. The van der Waals surface area contributed by atoms with Gasteiger partial charge in [-0.1, -0.05) is 6.07 Å². The lowest BCUT2D eigenvalue weighted by Gasteiger charge is -2.10. The minimum absolute atomic E-state index is 0.0882. The summed E-state index contributed by atoms with van der Waals surface area (Å²) in [6, 6.07) is 1.94. The lowest BCUT2D eigenvalue weighted by molar-refractivity contribution is 0.116. The highest BCUT2D eigenvalue weighted by Gasteiger charge is 2.18. The predicted molar refractivity (Wildman–Crippen MR) is 42.7 cm³/mol. The molecule has 72 valence electrons. The molecule has 3 nitrogen and oxygen atoms in total. The van der Waals surface area contributed by atoms with Crippen molar-refractivity contribution in [3.63, 3.8) is 0 Å². The molecule has 0 aromatic heterocycles. The number of phenols is 2. The maximum Gasteiger partial charge on any atom is 0.257 e. The number of phenolic OH excluding ortho intramolecular Hbond substituents is 2. The minimum Gasteiger partial charge on any atom is -0.504 e. The van der Waals surface area contributed by atoms with Crippen molar-refractivity contribution in [2.24, 2.45) is 5.73 Å². The molecule has 0 heterocycles. The molecule has 0 saturated heterocycles. The molecule has 0 saturated carbocycles. The highest BCUT2D eigenvalue weighted by atomic mass is 19.3. The van der Waals surface area contributed by atoms with E-state index in [0.29, 0.717) is 0 Å². The smallest absolute Gasteiger partial charge is 0.257 e. The Balaban J connectivity index is 2.97. The van der Waals surface area contributed by atoms with Crippen molar-refractivity contribution in [3.05, 3.63) is 23.8 Å². The lowest BCUT2D eigenvalue weighted by Crippen LogP contribution is -2.18. The van der Waals surface area contributed by atoms with E-state index in [4.69, 9.17) is 15.9 Å². The van der Waals surface area contributed by atoms with Gasteiger partial charge in [0.25, 0.3) is 6.43 Å². The van der Waals surface area contributed by atoms with Crippen molar-refractivity contribution < 1.29 is 19.0 Å². The van der Waals surface area contributed by atoms with Gasteiger partial charge in [0.05, 0.1) is 6.04 Å². The van der Waals surface area contributed by atoms with Crippen molar-refractivity contribution in [1.82, 2.24) is 0 Å². The van der Waals surface area contributed by atoms with Gasteiger partial charge < -0.3 is 15.9 Å². The Kier molecular flexibility index (Phi) is 2.67. The maximum atomic E-state index is 12.1. The fourth-order valence-corrected chi connectivity index (χ4v) is 0.893. The molecule has 0 radical (unpaired) electrons. The third-order valence-electron chi connectivity index (χ3n) is 1.66. The SMILES string of the molecule is NC(c1ccc(O)c(O)c1)C(F)F. The number of hydrogen-bond donors (Lipinski definition) is 3. The van der Waals surface area contributed by atoms with Crippen LogP contribution in [0.25, 0.3) is 0 Å². The number of alkyl halides is 2. The molecule has 0 aliphatic rings. The molecule has 5 heteroatoms. The zero-order chi connectivity index (χ0) is 10.0. The van der Waals surface area contributed by atoms with E-state index in [1.165, 1.54) is 6.07 Å². The van der Waals surface area contributed by atoms with E-state index in [2.05, 4.69) is 0 Å². The highest BCUT2D eigenvalue weighted by molar-refractivity contribution is 5.41. The van der Waals surface area contributed by atoms with Gasteiger partial charge in [0.2, 0.25) is 0 Å². The van der Waals surface area contributed by atoms with Crippen LogP contribution in [-0.2, 0) is 0 Å². The van der Waals surface area contributed by atoms with Crippen LogP contribution >= 0.6 is 0 Å². The van der Waals surface area contributed by atoms with Crippen LogP contribution in [0.3, 0.4) is 0 Å². The molecule has 0 aliphatic heterocycles. The third kappa shape index (κ3) is 2.06. The maximum absolute atomic E-state index is 12.1. The van der Waals surface area contributed by atoms with Crippen molar-refractivity contribution in [2.45, 2.75) is 12.5 Å². The number of benzene rings is 1. The summed E-state index contributed by atoms with van der Waals surface area (Å²) in [5.41, 5.74) is 5.20. The fourth-order valence-electron chi connectivity index (χ4n) is 0.893. The Hall–Kier alpha value is -1.36. The molecule has 0 bridgehead atoms. The highest BCUT2D eigenvalue weighted by Crippen LogP contribution is 2.28. The van der Waals surface area contributed by atoms with E-state index < -0.39 is 18.2 Å². The molecule has 1 rings (SSSR count). The minimum atomic E-state index is -2.69. The summed E-state index contributed by atoms with van der Waals surface area (Å²) < 4.78 is 24.2. The van der Waals surface area contributed by atoms with Crippen LogP contribution in [0.2, 0.25) is 0 Å². The lowest BCUT2D eigenvalue weighted by atomic mass is 10.1. The molecule has 13 heavy (non-hydrogen) atoms. The summed E-state index contributed by atoms with van der Waals surface area (Å²) in [7, 11) is 0. The summed E-state index contributed by atoms with van der Waals surface area (Å²) in [6.45, 7) is 0. The van der Waals surface area contributed by atoms with Crippen LogP contribution in [0, 0.1) is 0 Å². The quantitative estimate of drug-likeness (QED) is 0.615. The molecule has 0 fully saturated rings. The molecule has 1 aromatic carbocycles. The number of aromatic hydroxyl groups is 2. The number of nitrogens with two attached hydrogens (primary N) is 1. The first kappa shape index (κ1) is 9.73. The normalized spacial score (nSPS) is 13.2. The second-order valence-electron chi connectivity index (χ2n) is 2.61. The molecule has 1 atom stereocenters. The van der Waals surface area contributed by atoms with Crippen LogP contribution in [-0.4, -0.2) is 16.6 Å². The van der Waals surface area contributed by atoms with Gasteiger partial charge >= 0.3 is 0 Å².